The van der Waals surface area contributed by atoms with E-state index in [-0.39, 0.29) is 17.7 Å². The number of benzene rings is 2. The van der Waals surface area contributed by atoms with Gasteiger partial charge in [0.25, 0.3) is 0 Å². The van der Waals surface area contributed by atoms with Crippen molar-refractivity contribution in [1.82, 2.24) is 19.8 Å². The zero-order chi connectivity index (χ0) is 27.4. The van der Waals surface area contributed by atoms with Gasteiger partial charge in [-0.05, 0) is 42.4 Å². The Labute approximate surface area is 231 Å². The van der Waals surface area contributed by atoms with Crippen molar-refractivity contribution in [3.8, 4) is 0 Å². The van der Waals surface area contributed by atoms with E-state index >= 15 is 0 Å². The molecule has 1 aromatic heterocycles. The molecule has 2 fully saturated rings. The molecule has 2 aliphatic rings. The van der Waals surface area contributed by atoms with Crippen LogP contribution in [-0.4, -0.2) is 63.8 Å². The lowest BCUT2D eigenvalue weighted by atomic mass is 9.83. The molecule has 3 N–H and O–H groups in total. The summed E-state index contributed by atoms with van der Waals surface area (Å²) in [5.41, 5.74) is 7.64. The third kappa shape index (κ3) is 6.22. The molecule has 2 amide bonds. The van der Waals surface area contributed by atoms with Gasteiger partial charge in [0.05, 0.1) is 18.0 Å². The average molecular weight is 529 g/mol. The Morgan fingerprint density at radius 3 is 2.28 bits per heavy atom. The summed E-state index contributed by atoms with van der Waals surface area (Å²) >= 11 is 0. The molecule has 5 rings (SSSR count). The van der Waals surface area contributed by atoms with Gasteiger partial charge >= 0.3 is 0 Å². The smallest absolute Gasteiger partial charge is 0.240 e. The molecule has 39 heavy (non-hydrogen) atoms. The molecular weight excluding hydrogens is 488 g/mol. The molecule has 0 radical (unpaired) electrons. The number of piperazine rings is 1. The van der Waals surface area contributed by atoms with Crippen LogP contribution in [0.4, 0.5) is 5.82 Å². The number of primary amides is 1. The summed E-state index contributed by atoms with van der Waals surface area (Å²) in [4.78, 5) is 39.9. The van der Waals surface area contributed by atoms with Gasteiger partial charge in [-0.3, -0.25) is 14.5 Å². The number of nitrogens with zero attached hydrogens (tertiary/aromatic N) is 4. The summed E-state index contributed by atoms with van der Waals surface area (Å²) in [5.74, 6) is 1.60. The van der Waals surface area contributed by atoms with E-state index < -0.39 is 11.9 Å². The summed E-state index contributed by atoms with van der Waals surface area (Å²) in [5, 5.41) is 4.14. The minimum atomic E-state index is -0.525. The molecule has 1 unspecified atom stereocenters. The van der Waals surface area contributed by atoms with E-state index in [0.29, 0.717) is 37.2 Å². The minimum absolute atomic E-state index is 0.0224. The number of para-hydroxylation sites is 1. The van der Waals surface area contributed by atoms with Crippen LogP contribution in [0.2, 0.25) is 0 Å². The van der Waals surface area contributed by atoms with Crippen LogP contribution >= 0.6 is 0 Å². The Balaban J connectivity index is 1.28. The standard InChI is InChI=1S/C31H40N6O2/c1-21(2)28(29(32)38)35-30-24-14-8-9-15-25(24)33-26(34-30)20-36-16-18-37(19-17-36)31(39)27(23-12-6-7-13-23)22-10-4-3-5-11-22/h3-5,8-11,14-15,21,23,27-28H,6-7,12-13,16-20H2,1-2H3,(H2,32,38)(H,33,34,35)/t27?,28-/m0/s1. The maximum atomic E-state index is 13.8. The van der Waals surface area contributed by atoms with Crippen LogP contribution in [0, 0.1) is 11.8 Å². The van der Waals surface area contributed by atoms with E-state index in [0.717, 1.165) is 42.4 Å². The lowest BCUT2D eigenvalue weighted by molar-refractivity contribution is -0.136. The molecule has 1 aliphatic heterocycles. The van der Waals surface area contributed by atoms with E-state index in [2.05, 4.69) is 27.2 Å². The highest BCUT2D eigenvalue weighted by atomic mass is 16.2. The number of carbonyl (C=O) groups is 2. The van der Waals surface area contributed by atoms with Crippen molar-refractivity contribution < 1.29 is 9.59 Å². The Morgan fingerprint density at radius 1 is 0.949 bits per heavy atom. The molecule has 2 heterocycles. The summed E-state index contributed by atoms with van der Waals surface area (Å²) in [6, 6.07) is 17.6. The predicted molar refractivity (Wildman–Crippen MR) is 154 cm³/mol. The van der Waals surface area contributed by atoms with Gasteiger partial charge in [-0.25, -0.2) is 9.97 Å². The van der Waals surface area contributed by atoms with Crippen LogP contribution in [0.3, 0.4) is 0 Å². The number of hydrogen-bond donors (Lipinski definition) is 2. The van der Waals surface area contributed by atoms with Gasteiger partial charge in [-0.15, -0.1) is 0 Å². The van der Waals surface area contributed by atoms with E-state index in [4.69, 9.17) is 15.7 Å². The highest BCUT2D eigenvalue weighted by Gasteiger charge is 2.35. The van der Waals surface area contributed by atoms with Gasteiger partial charge in [-0.1, -0.05) is 69.2 Å². The van der Waals surface area contributed by atoms with E-state index in [1.165, 1.54) is 12.8 Å². The number of fused-ring (bicyclic) bond motifs is 1. The third-order valence-electron chi connectivity index (χ3n) is 8.26. The predicted octanol–water partition coefficient (Wildman–Crippen LogP) is 4.17. The fourth-order valence-electron chi connectivity index (χ4n) is 6.11. The van der Waals surface area contributed by atoms with Gasteiger partial charge in [0.1, 0.15) is 17.7 Å². The molecule has 3 aromatic rings. The zero-order valence-electron chi connectivity index (χ0n) is 23.1. The van der Waals surface area contributed by atoms with Crippen LogP contribution in [-0.2, 0) is 16.1 Å². The topological polar surface area (TPSA) is 104 Å². The summed E-state index contributed by atoms with van der Waals surface area (Å²) < 4.78 is 0. The quantitative estimate of drug-likeness (QED) is 0.432. The summed E-state index contributed by atoms with van der Waals surface area (Å²) in [6.45, 7) is 7.44. The normalized spacial score (nSPS) is 18.4. The first-order valence-corrected chi connectivity index (χ1v) is 14.3. The van der Waals surface area contributed by atoms with Gasteiger partial charge in [0.2, 0.25) is 11.8 Å². The summed E-state index contributed by atoms with van der Waals surface area (Å²) in [6.07, 6.45) is 4.70. The Bertz CT molecular complexity index is 1280. The Morgan fingerprint density at radius 2 is 1.62 bits per heavy atom. The van der Waals surface area contributed by atoms with Crippen molar-refractivity contribution >= 4 is 28.5 Å². The Kier molecular flexibility index (Phi) is 8.41. The van der Waals surface area contributed by atoms with Crippen molar-refractivity contribution in [2.75, 3.05) is 31.5 Å². The van der Waals surface area contributed by atoms with Crippen LogP contribution in [0.25, 0.3) is 10.9 Å². The molecule has 0 spiro atoms. The molecule has 1 saturated carbocycles. The molecule has 1 aliphatic carbocycles. The second kappa shape index (κ2) is 12.1. The minimum Gasteiger partial charge on any atom is -0.368 e. The zero-order valence-corrected chi connectivity index (χ0v) is 23.1. The first kappa shape index (κ1) is 27.1. The van der Waals surface area contributed by atoms with Crippen LogP contribution in [0.1, 0.15) is 56.8 Å². The van der Waals surface area contributed by atoms with Crippen LogP contribution in [0.5, 0.6) is 0 Å². The number of carbonyl (C=O) groups excluding carboxylic acids is 2. The van der Waals surface area contributed by atoms with Crippen molar-refractivity contribution in [3.05, 3.63) is 66.0 Å². The van der Waals surface area contributed by atoms with E-state index in [1.54, 1.807) is 0 Å². The van der Waals surface area contributed by atoms with Crippen molar-refractivity contribution in [1.29, 1.82) is 0 Å². The highest BCUT2D eigenvalue weighted by Crippen LogP contribution is 2.38. The SMILES string of the molecule is CC(C)[C@H](Nc1nc(CN2CCN(C(=O)C(c3ccccc3)C3CCCC3)CC2)nc2ccccc12)C(N)=O. The number of nitrogens with two attached hydrogens (primary N) is 1. The molecule has 1 saturated heterocycles. The molecule has 2 atom stereocenters. The molecule has 8 nitrogen and oxygen atoms in total. The first-order chi connectivity index (χ1) is 18.9. The van der Waals surface area contributed by atoms with Gasteiger partial charge in [0.15, 0.2) is 0 Å². The monoisotopic (exact) mass is 528 g/mol. The second-order valence-electron chi connectivity index (χ2n) is 11.3. The Hall–Kier alpha value is -3.52. The lowest BCUT2D eigenvalue weighted by Gasteiger charge is -2.37. The number of hydrogen-bond acceptors (Lipinski definition) is 6. The van der Waals surface area contributed by atoms with Crippen LogP contribution < -0.4 is 11.1 Å². The van der Waals surface area contributed by atoms with Crippen molar-refractivity contribution in [2.45, 2.75) is 58.0 Å². The first-order valence-electron chi connectivity index (χ1n) is 14.3. The van der Waals surface area contributed by atoms with E-state index in [9.17, 15) is 9.59 Å². The fourth-order valence-corrected chi connectivity index (χ4v) is 6.11. The molecule has 8 heteroatoms. The number of aromatic nitrogens is 2. The van der Waals surface area contributed by atoms with Crippen LogP contribution in [0.15, 0.2) is 54.6 Å². The molecular formula is C31H40N6O2. The number of anilines is 1. The van der Waals surface area contributed by atoms with E-state index in [1.807, 2.05) is 56.3 Å². The van der Waals surface area contributed by atoms with Gasteiger partial charge in [0, 0.05) is 31.6 Å². The maximum Gasteiger partial charge on any atom is 0.240 e. The molecule has 206 valence electrons. The third-order valence-corrected chi connectivity index (χ3v) is 8.26. The van der Waals surface area contributed by atoms with Crippen molar-refractivity contribution in [3.63, 3.8) is 0 Å². The summed E-state index contributed by atoms with van der Waals surface area (Å²) in [7, 11) is 0. The second-order valence-corrected chi connectivity index (χ2v) is 11.3. The highest BCUT2D eigenvalue weighted by molar-refractivity contribution is 5.92. The lowest BCUT2D eigenvalue weighted by Crippen LogP contribution is -2.50. The molecule has 2 aromatic carbocycles. The maximum absolute atomic E-state index is 13.8. The van der Waals surface area contributed by atoms with Gasteiger partial charge < -0.3 is 16.0 Å². The fraction of sp³-hybridized carbons (Fsp3) is 0.484. The number of amides is 2. The average Bonchev–Trinajstić information content (AvgIpc) is 3.47. The molecule has 0 bridgehead atoms. The largest absolute Gasteiger partial charge is 0.368 e. The van der Waals surface area contributed by atoms with Gasteiger partial charge in [-0.2, -0.15) is 0 Å². The number of rotatable bonds is 9. The van der Waals surface area contributed by atoms with Crippen molar-refractivity contribution in [2.24, 2.45) is 17.6 Å². The number of nitrogens with one attached hydrogen (secondary N) is 1.